The average molecular weight is 246 g/mol. The Morgan fingerprint density at radius 2 is 1.94 bits per heavy atom. The number of hydrogen-bond donors (Lipinski definition) is 0. The van der Waals surface area contributed by atoms with Crippen molar-refractivity contribution in [1.82, 2.24) is 0 Å². The number of rotatable bonds is 3. The van der Waals surface area contributed by atoms with Crippen LogP contribution in [0.25, 0.3) is 0 Å². The molecule has 1 heterocycles. The summed E-state index contributed by atoms with van der Waals surface area (Å²) in [6.07, 6.45) is 0. The van der Waals surface area contributed by atoms with Crippen molar-refractivity contribution < 1.29 is 9.21 Å². The van der Waals surface area contributed by atoms with Gasteiger partial charge in [-0.1, -0.05) is 23.9 Å². The van der Waals surface area contributed by atoms with Crippen molar-refractivity contribution in [1.29, 1.82) is 0 Å². The Labute approximate surface area is 105 Å². The van der Waals surface area contributed by atoms with E-state index in [0.29, 0.717) is 5.76 Å². The van der Waals surface area contributed by atoms with Gasteiger partial charge in [0.2, 0.25) is 0 Å². The van der Waals surface area contributed by atoms with Crippen molar-refractivity contribution in [2.24, 2.45) is 0 Å². The first-order chi connectivity index (χ1) is 8.06. The summed E-state index contributed by atoms with van der Waals surface area (Å²) in [5, 5.41) is 0.754. The molecule has 2 nitrogen and oxygen atoms in total. The minimum Gasteiger partial charge on any atom is -0.446 e. The summed E-state index contributed by atoms with van der Waals surface area (Å²) in [5.41, 5.74) is 2.43. The summed E-state index contributed by atoms with van der Waals surface area (Å²) in [4.78, 5) is 12.3. The van der Waals surface area contributed by atoms with Crippen LogP contribution in [0.15, 0.2) is 44.7 Å². The minimum absolute atomic E-state index is 0.0437. The van der Waals surface area contributed by atoms with Crippen LogP contribution in [0.3, 0.4) is 0 Å². The van der Waals surface area contributed by atoms with E-state index in [9.17, 15) is 4.79 Å². The lowest BCUT2D eigenvalue weighted by Gasteiger charge is -2.04. The van der Waals surface area contributed by atoms with E-state index in [-0.39, 0.29) is 5.78 Å². The van der Waals surface area contributed by atoms with Crippen LogP contribution in [0, 0.1) is 13.8 Å². The third-order valence-corrected chi connectivity index (χ3v) is 3.56. The first kappa shape index (κ1) is 12.0. The highest BCUT2D eigenvalue weighted by Crippen LogP contribution is 2.32. The van der Waals surface area contributed by atoms with Gasteiger partial charge in [0.15, 0.2) is 16.6 Å². The third-order valence-electron chi connectivity index (χ3n) is 2.48. The number of hydrogen-bond acceptors (Lipinski definition) is 3. The predicted molar refractivity (Wildman–Crippen MR) is 68.8 cm³/mol. The molecule has 2 aromatic rings. The fourth-order valence-electron chi connectivity index (χ4n) is 1.49. The van der Waals surface area contributed by atoms with Crippen LogP contribution in [0.1, 0.15) is 28.6 Å². The Hall–Kier alpha value is -1.48. The molecule has 0 amide bonds. The number of furan rings is 1. The summed E-state index contributed by atoms with van der Waals surface area (Å²) >= 11 is 1.55. The summed E-state index contributed by atoms with van der Waals surface area (Å²) < 4.78 is 5.46. The van der Waals surface area contributed by atoms with E-state index in [1.165, 1.54) is 18.1 Å². The lowest BCUT2D eigenvalue weighted by Crippen LogP contribution is -1.86. The van der Waals surface area contributed by atoms with Crippen LogP contribution in [-0.2, 0) is 0 Å². The van der Waals surface area contributed by atoms with Crippen LogP contribution in [-0.4, -0.2) is 5.78 Å². The normalized spacial score (nSPS) is 10.5. The molecule has 0 aliphatic heterocycles. The molecule has 0 radical (unpaired) electrons. The van der Waals surface area contributed by atoms with Gasteiger partial charge in [0.1, 0.15) is 0 Å². The van der Waals surface area contributed by atoms with E-state index in [0.717, 1.165) is 9.99 Å². The molecule has 1 aromatic heterocycles. The largest absolute Gasteiger partial charge is 0.446 e. The summed E-state index contributed by atoms with van der Waals surface area (Å²) in [6, 6.07) is 9.85. The molecule has 0 saturated carbocycles. The fraction of sp³-hybridized carbons (Fsp3) is 0.214. The van der Waals surface area contributed by atoms with Gasteiger partial charge in [-0.25, -0.2) is 0 Å². The lowest BCUT2D eigenvalue weighted by atomic mass is 10.2. The van der Waals surface area contributed by atoms with Crippen molar-refractivity contribution >= 4 is 17.5 Å². The number of carbonyl (C=O) groups excluding carboxylic acids is 1. The third kappa shape index (κ3) is 2.80. The number of carbonyl (C=O) groups is 1. The molecule has 0 atom stereocenters. The summed E-state index contributed by atoms with van der Waals surface area (Å²) in [5.74, 6) is 0.371. The smallest absolute Gasteiger partial charge is 0.194 e. The second-order valence-electron chi connectivity index (χ2n) is 4.05. The molecule has 0 bridgehead atoms. The molecule has 0 aliphatic carbocycles. The lowest BCUT2D eigenvalue weighted by molar-refractivity contribution is 0.0982. The standard InChI is InChI=1S/C14H14O2S/c1-9-4-5-10(2)13(8-9)17-14-7-6-12(16-14)11(3)15/h4-8H,1-3H3. The van der Waals surface area contributed by atoms with Crippen molar-refractivity contribution in [3.63, 3.8) is 0 Å². The molecule has 0 saturated heterocycles. The van der Waals surface area contributed by atoms with Gasteiger partial charge < -0.3 is 4.42 Å². The van der Waals surface area contributed by atoms with E-state index in [2.05, 4.69) is 32.0 Å². The van der Waals surface area contributed by atoms with Gasteiger partial charge in [-0.05, 0) is 43.2 Å². The first-order valence-electron chi connectivity index (χ1n) is 5.42. The molecule has 2 rings (SSSR count). The maximum absolute atomic E-state index is 11.1. The molecule has 0 unspecified atom stereocenters. The van der Waals surface area contributed by atoms with E-state index >= 15 is 0 Å². The minimum atomic E-state index is -0.0437. The van der Waals surface area contributed by atoms with E-state index < -0.39 is 0 Å². The monoisotopic (exact) mass is 246 g/mol. The molecule has 0 N–H and O–H groups in total. The maximum atomic E-state index is 11.1. The highest BCUT2D eigenvalue weighted by molar-refractivity contribution is 7.99. The van der Waals surface area contributed by atoms with Gasteiger partial charge >= 0.3 is 0 Å². The van der Waals surface area contributed by atoms with Gasteiger partial charge in [0, 0.05) is 11.8 Å². The number of aryl methyl sites for hydroxylation is 2. The Kier molecular flexibility index (Phi) is 3.38. The summed E-state index contributed by atoms with van der Waals surface area (Å²) in [6.45, 7) is 5.63. The van der Waals surface area contributed by atoms with Crippen LogP contribution in [0.5, 0.6) is 0 Å². The van der Waals surface area contributed by atoms with E-state index in [1.807, 2.05) is 6.07 Å². The maximum Gasteiger partial charge on any atom is 0.194 e. The zero-order chi connectivity index (χ0) is 12.4. The van der Waals surface area contributed by atoms with E-state index in [1.54, 1.807) is 17.8 Å². The quantitative estimate of drug-likeness (QED) is 0.758. The van der Waals surface area contributed by atoms with Gasteiger partial charge in [0.05, 0.1) is 0 Å². The Morgan fingerprint density at radius 1 is 1.18 bits per heavy atom. The van der Waals surface area contributed by atoms with Gasteiger partial charge in [0.25, 0.3) is 0 Å². The van der Waals surface area contributed by atoms with Crippen molar-refractivity contribution in [3.8, 4) is 0 Å². The second kappa shape index (κ2) is 4.80. The fourth-order valence-corrected chi connectivity index (χ4v) is 2.45. The van der Waals surface area contributed by atoms with Gasteiger partial charge in [-0.2, -0.15) is 0 Å². The number of benzene rings is 1. The highest BCUT2D eigenvalue weighted by Gasteiger charge is 2.08. The first-order valence-corrected chi connectivity index (χ1v) is 6.24. The molecular formula is C14H14O2S. The number of ketones is 1. The zero-order valence-corrected chi connectivity index (χ0v) is 10.9. The van der Waals surface area contributed by atoms with Crippen LogP contribution in [0.2, 0.25) is 0 Å². The van der Waals surface area contributed by atoms with Crippen LogP contribution in [0.4, 0.5) is 0 Å². The topological polar surface area (TPSA) is 30.2 Å². The van der Waals surface area contributed by atoms with Crippen LogP contribution < -0.4 is 0 Å². The second-order valence-corrected chi connectivity index (χ2v) is 5.09. The molecule has 0 spiro atoms. The molecule has 88 valence electrons. The molecule has 0 fully saturated rings. The van der Waals surface area contributed by atoms with Crippen LogP contribution >= 0.6 is 11.8 Å². The van der Waals surface area contributed by atoms with Crippen molar-refractivity contribution in [2.75, 3.05) is 0 Å². The van der Waals surface area contributed by atoms with Crippen molar-refractivity contribution in [3.05, 3.63) is 47.2 Å². The Bertz CT molecular complexity index is 555. The zero-order valence-electron chi connectivity index (χ0n) is 10.1. The Morgan fingerprint density at radius 3 is 2.59 bits per heavy atom. The summed E-state index contributed by atoms with van der Waals surface area (Å²) in [7, 11) is 0. The molecule has 17 heavy (non-hydrogen) atoms. The average Bonchev–Trinajstić information content (AvgIpc) is 2.72. The van der Waals surface area contributed by atoms with Crippen molar-refractivity contribution in [2.45, 2.75) is 30.8 Å². The number of Topliss-reactive ketones (excluding diaryl/α,β-unsaturated/α-hetero) is 1. The highest BCUT2D eigenvalue weighted by atomic mass is 32.2. The molecule has 0 aliphatic rings. The Balaban J connectivity index is 2.25. The van der Waals surface area contributed by atoms with Gasteiger partial charge in [-0.3, -0.25) is 4.79 Å². The van der Waals surface area contributed by atoms with E-state index in [4.69, 9.17) is 4.42 Å². The predicted octanol–water partition coefficient (Wildman–Crippen LogP) is 4.25. The SMILES string of the molecule is CC(=O)c1ccc(Sc2cc(C)ccc2C)o1. The molecule has 1 aromatic carbocycles. The molecule has 3 heteroatoms. The van der Waals surface area contributed by atoms with Gasteiger partial charge in [-0.15, -0.1) is 0 Å². The molecular weight excluding hydrogens is 232 g/mol.